The normalized spacial score (nSPS) is 22.3. The highest BCUT2D eigenvalue weighted by Crippen LogP contribution is 2.45. The monoisotopic (exact) mass is 389 g/mol. The standard InChI is InChI=1S/C25H28NOP/c27-25(26-20-12-4-1-5-13-20)23-18-10-11-19-24(23)28(21-14-6-2-7-15-21)22-16-8-3-9-17-22/h2-3,6-11,14-20,23-24H,1,4-5,12-13H2,(H,26,27). The Bertz CT molecular complexity index is 785. The summed E-state index contributed by atoms with van der Waals surface area (Å²) in [6.45, 7) is 0. The third kappa shape index (κ3) is 4.45. The van der Waals surface area contributed by atoms with Crippen molar-refractivity contribution >= 4 is 24.4 Å². The number of carbonyl (C=O) groups is 1. The first-order valence-electron chi connectivity index (χ1n) is 10.4. The van der Waals surface area contributed by atoms with Gasteiger partial charge in [-0.1, -0.05) is 104 Å². The largest absolute Gasteiger partial charge is 0.353 e. The molecule has 0 heterocycles. The molecule has 2 aromatic carbocycles. The average Bonchev–Trinajstić information content (AvgIpc) is 2.76. The van der Waals surface area contributed by atoms with Crippen LogP contribution in [-0.2, 0) is 4.79 Å². The van der Waals surface area contributed by atoms with Gasteiger partial charge in [0.25, 0.3) is 0 Å². The Morgan fingerprint density at radius 2 is 1.36 bits per heavy atom. The molecule has 2 unspecified atom stereocenters. The average molecular weight is 389 g/mol. The van der Waals surface area contributed by atoms with Gasteiger partial charge < -0.3 is 5.32 Å². The van der Waals surface area contributed by atoms with E-state index in [0.717, 1.165) is 12.8 Å². The fourth-order valence-corrected chi connectivity index (χ4v) is 7.10. The maximum atomic E-state index is 13.3. The van der Waals surface area contributed by atoms with Crippen LogP contribution in [0.2, 0.25) is 0 Å². The van der Waals surface area contributed by atoms with Gasteiger partial charge in [0.1, 0.15) is 0 Å². The van der Waals surface area contributed by atoms with E-state index in [1.165, 1.54) is 29.9 Å². The lowest BCUT2D eigenvalue weighted by Gasteiger charge is -2.33. The molecule has 0 bridgehead atoms. The Balaban J connectivity index is 1.63. The molecule has 0 radical (unpaired) electrons. The molecule has 0 saturated heterocycles. The number of amides is 1. The molecule has 2 aliphatic carbocycles. The van der Waals surface area contributed by atoms with Crippen LogP contribution < -0.4 is 15.9 Å². The summed E-state index contributed by atoms with van der Waals surface area (Å²) < 4.78 is 0. The highest BCUT2D eigenvalue weighted by atomic mass is 31.1. The molecule has 0 aliphatic heterocycles. The molecule has 0 spiro atoms. The van der Waals surface area contributed by atoms with Crippen LogP contribution in [0.3, 0.4) is 0 Å². The Labute approximate surface area is 169 Å². The van der Waals surface area contributed by atoms with Gasteiger partial charge in [0.2, 0.25) is 5.91 Å². The molecule has 2 atom stereocenters. The van der Waals surface area contributed by atoms with Gasteiger partial charge in [-0.05, 0) is 31.4 Å². The number of nitrogens with one attached hydrogen (secondary N) is 1. The van der Waals surface area contributed by atoms with Crippen LogP contribution >= 0.6 is 7.92 Å². The van der Waals surface area contributed by atoms with Gasteiger partial charge >= 0.3 is 0 Å². The molecule has 1 fully saturated rings. The van der Waals surface area contributed by atoms with Crippen molar-refractivity contribution in [1.82, 2.24) is 5.32 Å². The highest BCUT2D eigenvalue weighted by molar-refractivity contribution is 7.73. The van der Waals surface area contributed by atoms with Crippen LogP contribution in [-0.4, -0.2) is 17.6 Å². The summed E-state index contributed by atoms with van der Waals surface area (Å²) in [5, 5.41) is 6.01. The summed E-state index contributed by atoms with van der Waals surface area (Å²) in [5.41, 5.74) is 0.174. The minimum atomic E-state index is -0.663. The quantitative estimate of drug-likeness (QED) is 0.739. The number of allylic oxidation sites excluding steroid dienone is 3. The Morgan fingerprint density at radius 3 is 1.96 bits per heavy atom. The summed E-state index contributed by atoms with van der Waals surface area (Å²) in [4.78, 5) is 13.3. The van der Waals surface area contributed by atoms with Gasteiger partial charge in [-0.3, -0.25) is 4.79 Å². The van der Waals surface area contributed by atoms with Crippen LogP contribution in [0.25, 0.3) is 0 Å². The van der Waals surface area contributed by atoms with E-state index in [9.17, 15) is 4.79 Å². The van der Waals surface area contributed by atoms with Crippen molar-refractivity contribution in [1.29, 1.82) is 0 Å². The molecule has 2 aromatic rings. The number of hydrogen-bond donors (Lipinski definition) is 1. The maximum absolute atomic E-state index is 13.3. The maximum Gasteiger partial charge on any atom is 0.228 e. The lowest BCUT2D eigenvalue weighted by Crippen LogP contribution is -2.43. The van der Waals surface area contributed by atoms with E-state index < -0.39 is 7.92 Å². The van der Waals surface area contributed by atoms with E-state index in [-0.39, 0.29) is 17.5 Å². The third-order valence-electron chi connectivity index (χ3n) is 5.73. The minimum Gasteiger partial charge on any atom is -0.353 e. The fraction of sp³-hybridized carbons (Fsp3) is 0.320. The molecule has 3 heteroatoms. The van der Waals surface area contributed by atoms with Gasteiger partial charge in [-0.15, -0.1) is 0 Å². The first kappa shape index (κ1) is 19.2. The summed E-state index contributed by atoms with van der Waals surface area (Å²) in [7, 11) is -0.663. The zero-order valence-corrected chi connectivity index (χ0v) is 17.1. The van der Waals surface area contributed by atoms with E-state index in [4.69, 9.17) is 0 Å². The van der Waals surface area contributed by atoms with E-state index in [2.05, 4.69) is 84.2 Å². The smallest absolute Gasteiger partial charge is 0.228 e. The third-order valence-corrected chi connectivity index (χ3v) is 8.53. The van der Waals surface area contributed by atoms with Crippen molar-refractivity contribution in [2.45, 2.75) is 43.8 Å². The summed E-state index contributed by atoms with van der Waals surface area (Å²) in [6, 6.07) is 21.7. The van der Waals surface area contributed by atoms with E-state index in [0.29, 0.717) is 6.04 Å². The van der Waals surface area contributed by atoms with Gasteiger partial charge in [-0.25, -0.2) is 0 Å². The molecular weight excluding hydrogens is 361 g/mol. The van der Waals surface area contributed by atoms with Crippen LogP contribution in [0.1, 0.15) is 32.1 Å². The molecule has 0 aromatic heterocycles. The van der Waals surface area contributed by atoms with Crippen LogP contribution in [0.15, 0.2) is 85.0 Å². The van der Waals surface area contributed by atoms with Crippen molar-refractivity contribution < 1.29 is 4.79 Å². The number of carbonyl (C=O) groups excluding carboxylic acids is 1. The van der Waals surface area contributed by atoms with Gasteiger partial charge in [-0.2, -0.15) is 0 Å². The zero-order chi connectivity index (χ0) is 19.2. The van der Waals surface area contributed by atoms with Crippen molar-refractivity contribution in [2.24, 2.45) is 5.92 Å². The van der Waals surface area contributed by atoms with Crippen LogP contribution in [0.4, 0.5) is 0 Å². The lowest BCUT2D eigenvalue weighted by atomic mass is 9.93. The summed E-state index contributed by atoms with van der Waals surface area (Å²) in [6.07, 6.45) is 14.5. The molecule has 2 nitrogen and oxygen atoms in total. The first-order valence-corrected chi connectivity index (χ1v) is 11.8. The van der Waals surface area contributed by atoms with Crippen LogP contribution in [0, 0.1) is 5.92 Å². The Morgan fingerprint density at radius 1 is 0.786 bits per heavy atom. The molecule has 144 valence electrons. The summed E-state index contributed by atoms with van der Waals surface area (Å²) in [5.74, 6) is 0.0790. The van der Waals surface area contributed by atoms with Gasteiger partial charge in [0, 0.05) is 11.7 Å². The molecule has 1 saturated carbocycles. The predicted octanol–water partition coefficient (Wildman–Crippen LogP) is 4.68. The number of benzene rings is 2. The van der Waals surface area contributed by atoms with E-state index in [1.807, 2.05) is 6.08 Å². The van der Waals surface area contributed by atoms with Gasteiger partial charge in [0.15, 0.2) is 0 Å². The van der Waals surface area contributed by atoms with Gasteiger partial charge in [0.05, 0.1) is 5.92 Å². The molecule has 1 N–H and O–H groups in total. The van der Waals surface area contributed by atoms with Crippen molar-refractivity contribution in [3.8, 4) is 0 Å². The second-order valence-electron chi connectivity index (χ2n) is 7.67. The highest BCUT2D eigenvalue weighted by Gasteiger charge is 2.34. The molecule has 4 rings (SSSR count). The zero-order valence-electron chi connectivity index (χ0n) is 16.2. The molecule has 1 amide bonds. The predicted molar refractivity (Wildman–Crippen MR) is 120 cm³/mol. The SMILES string of the molecule is O=C(NC1CCCCC1)C1C=CC=CC1P(c1ccccc1)c1ccccc1. The van der Waals surface area contributed by atoms with Crippen molar-refractivity contribution in [3.63, 3.8) is 0 Å². The summed E-state index contributed by atoms with van der Waals surface area (Å²) >= 11 is 0. The second kappa shape index (κ2) is 9.34. The lowest BCUT2D eigenvalue weighted by molar-refractivity contribution is -0.124. The fourth-order valence-electron chi connectivity index (χ4n) is 4.30. The Hall–Kier alpha value is -2.18. The topological polar surface area (TPSA) is 29.1 Å². The molecular formula is C25H28NOP. The Kier molecular flexibility index (Phi) is 6.39. The van der Waals surface area contributed by atoms with E-state index >= 15 is 0 Å². The number of hydrogen-bond acceptors (Lipinski definition) is 1. The van der Waals surface area contributed by atoms with Crippen molar-refractivity contribution in [3.05, 3.63) is 85.0 Å². The minimum absolute atomic E-state index is 0.113. The number of rotatable bonds is 5. The molecule has 2 aliphatic rings. The molecule has 28 heavy (non-hydrogen) atoms. The first-order chi connectivity index (χ1) is 13.8. The second-order valence-corrected chi connectivity index (χ2v) is 10.0. The van der Waals surface area contributed by atoms with Crippen molar-refractivity contribution in [2.75, 3.05) is 0 Å². The van der Waals surface area contributed by atoms with Crippen LogP contribution in [0.5, 0.6) is 0 Å². The van der Waals surface area contributed by atoms with E-state index in [1.54, 1.807) is 0 Å².